The van der Waals surface area contributed by atoms with Gasteiger partial charge in [-0.25, -0.2) is 4.98 Å². The first-order chi connectivity index (χ1) is 5.90. The second-order valence-electron chi connectivity index (χ2n) is 2.21. The van der Waals surface area contributed by atoms with Crippen LogP contribution < -0.4 is 0 Å². The third kappa shape index (κ3) is 1.28. The molecule has 0 aliphatic rings. The van der Waals surface area contributed by atoms with Crippen molar-refractivity contribution in [2.45, 2.75) is 0 Å². The number of aliphatic imine (C=N–C) groups is 1. The Hall–Kier alpha value is -1.09. The van der Waals surface area contributed by atoms with Crippen molar-refractivity contribution in [1.29, 1.82) is 0 Å². The second-order valence-corrected chi connectivity index (χ2v) is 3.28. The molecule has 0 saturated carbocycles. The molecule has 0 unspecified atom stereocenters. The Balaban J connectivity index is 2.67. The summed E-state index contributed by atoms with van der Waals surface area (Å²) in [6, 6.07) is 5.75. The van der Waals surface area contributed by atoms with Crippen LogP contribution in [0.3, 0.4) is 0 Å². The van der Waals surface area contributed by atoms with Gasteiger partial charge in [-0.2, -0.15) is 4.99 Å². The van der Waals surface area contributed by atoms with Crippen LogP contribution in [0.5, 0.6) is 0 Å². The molecule has 2 nitrogen and oxygen atoms in total. The number of benzene rings is 1. The smallest absolute Gasteiger partial charge is 0.0813 e. The molecule has 1 aromatic carbocycles. The lowest BCUT2D eigenvalue weighted by Crippen LogP contribution is -1.65. The molecule has 0 radical (unpaired) electrons. The fraction of sp³-hybridized carbons (Fsp3) is 0. The Morgan fingerprint density at radius 3 is 3.25 bits per heavy atom. The van der Waals surface area contributed by atoms with Gasteiger partial charge < -0.3 is 0 Å². The van der Waals surface area contributed by atoms with Crippen molar-refractivity contribution in [2.24, 2.45) is 4.99 Å². The molecule has 1 aromatic heterocycles. The van der Waals surface area contributed by atoms with Crippen LogP contribution >= 0.6 is 23.6 Å². The van der Waals surface area contributed by atoms with Crippen LogP contribution in [-0.2, 0) is 0 Å². The second kappa shape index (κ2) is 3.11. The zero-order valence-corrected chi connectivity index (χ0v) is 7.65. The van der Waals surface area contributed by atoms with E-state index in [9.17, 15) is 0 Å². The lowest BCUT2D eigenvalue weighted by Gasteiger charge is -1.89. The van der Waals surface area contributed by atoms with Gasteiger partial charge in [0.25, 0.3) is 0 Å². The number of thiocarbonyl (C=S) groups is 1. The van der Waals surface area contributed by atoms with Gasteiger partial charge in [0.2, 0.25) is 0 Å². The highest BCUT2D eigenvalue weighted by Gasteiger charge is 1.96. The molecule has 0 atom stereocenters. The Kier molecular flexibility index (Phi) is 1.96. The maximum Gasteiger partial charge on any atom is 0.0813 e. The molecule has 0 aliphatic carbocycles. The van der Waals surface area contributed by atoms with E-state index in [0.717, 1.165) is 15.9 Å². The predicted molar refractivity (Wildman–Crippen MR) is 54.3 cm³/mol. The van der Waals surface area contributed by atoms with Gasteiger partial charge in [0.15, 0.2) is 0 Å². The number of aromatic nitrogens is 1. The maximum atomic E-state index is 4.51. The zero-order valence-electron chi connectivity index (χ0n) is 6.02. The highest BCUT2D eigenvalue weighted by Crippen LogP contribution is 2.22. The van der Waals surface area contributed by atoms with Crippen LogP contribution in [0, 0.1) is 0 Å². The number of hydrogen-bond donors (Lipinski definition) is 0. The average Bonchev–Trinajstić information content (AvgIpc) is 2.51. The third-order valence-electron chi connectivity index (χ3n) is 1.49. The highest BCUT2D eigenvalue weighted by molar-refractivity contribution is 7.78. The first-order valence-electron chi connectivity index (χ1n) is 3.31. The molecule has 0 saturated heterocycles. The van der Waals surface area contributed by atoms with Gasteiger partial charge in [-0.3, -0.25) is 0 Å². The molecule has 4 heteroatoms. The van der Waals surface area contributed by atoms with E-state index in [1.165, 1.54) is 0 Å². The fourth-order valence-electron chi connectivity index (χ4n) is 0.966. The van der Waals surface area contributed by atoms with Gasteiger partial charge in [-0.1, -0.05) is 0 Å². The van der Waals surface area contributed by atoms with Crippen molar-refractivity contribution in [3.63, 3.8) is 0 Å². The topological polar surface area (TPSA) is 25.2 Å². The summed E-state index contributed by atoms with van der Waals surface area (Å²) in [4.78, 5) is 8.03. The van der Waals surface area contributed by atoms with Crippen LogP contribution in [0.2, 0.25) is 0 Å². The Labute approximate surface area is 78.6 Å². The largest absolute Gasteiger partial charge is 0.245 e. The Bertz CT molecular complexity index is 455. The predicted octanol–water partition coefficient (Wildman–Crippen LogP) is 3.03. The van der Waals surface area contributed by atoms with Gasteiger partial charge in [0, 0.05) is 0 Å². The molecular formula is C8H4N2S2. The number of hydrogen-bond acceptors (Lipinski definition) is 4. The van der Waals surface area contributed by atoms with E-state index in [-0.39, 0.29) is 0 Å². The van der Waals surface area contributed by atoms with Crippen molar-refractivity contribution in [3.8, 4) is 0 Å². The number of isothiocyanates is 1. The van der Waals surface area contributed by atoms with Gasteiger partial charge in [0.1, 0.15) is 0 Å². The van der Waals surface area contributed by atoms with Crippen molar-refractivity contribution in [1.82, 2.24) is 4.98 Å². The molecule has 2 rings (SSSR count). The summed E-state index contributed by atoms with van der Waals surface area (Å²) in [6.07, 6.45) is 0. The van der Waals surface area contributed by atoms with E-state index in [4.69, 9.17) is 0 Å². The van der Waals surface area contributed by atoms with Crippen LogP contribution in [-0.4, -0.2) is 10.1 Å². The molecule has 2 aromatic rings. The first-order valence-corrected chi connectivity index (χ1v) is 4.60. The van der Waals surface area contributed by atoms with E-state index in [1.807, 2.05) is 23.7 Å². The van der Waals surface area contributed by atoms with Crippen LogP contribution in [0.1, 0.15) is 0 Å². The maximum absolute atomic E-state index is 4.51. The summed E-state index contributed by atoms with van der Waals surface area (Å²) in [5, 5.41) is 2.33. The minimum Gasteiger partial charge on any atom is -0.245 e. The summed E-state index contributed by atoms with van der Waals surface area (Å²) in [5.41, 5.74) is 3.65. The minimum absolute atomic E-state index is 0.835. The quantitative estimate of drug-likeness (QED) is 0.512. The zero-order chi connectivity index (χ0) is 8.39. The molecule has 0 amide bonds. The van der Waals surface area contributed by atoms with E-state index < -0.39 is 0 Å². The summed E-state index contributed by atoms with van der Waals surface area (Å²) < 4.78 is 1.13. The van der Waals surface area contributed by atoms with E-state index in [0.29, 0.717) is 0 Å². The van der Waals surface area contributed by atoms with Crippen molar-refractivity contribution in [2.75, 3.05) is 0 Å². The van der Waals surface area contributed by atoms with Crippen LogP contribution in [0.15, 0.2) is 28.7 Å². The summed E-state index contributed by atoms with van der Waals surface area (Å²) >= 11 is 6.10. The molecule has 0 aliphatic heterocycles. The van der Waals surface area contributed by atoms with Crippen LogP contribution in [0.4, 0.5) is 5.69 Å². The number of thiazole rings is 1. The Morgan fingerprint density at radius 2 is 2.42 bits per heavy atom. The third-order valence-corrected chi connectivity index (χ3v) is 2.37. The lowest BCUT2D eigenvalue weighted by molar-refractivity contribution is 1.49. The van der Waals surface area contributed by atoms with E-state index >= 15 is 0 Å². The monoisotopic (exact) mass is 192 g/mol. The average molecular weight is 192 g/mol. The van der Waals surface area contributed by atoms with Gasteiger partial charge in [0.05, 0.1) is 26.6 Å². The summed E-state index contributed by atoms with van der Waals surface area (Å²) in [6.45, 7) is 0. The number of nitrogens with zero attached hydrogens (tertiary/aromatic N) is 2. The SMILES string of the molecule is S=C=Nc1ccc2ncsc2c1. The fourth-order valence-corrected chi connectivity index (χ4v) is 1.78. The normalized spacial score (nSPS) is 9.67. The highest BCUT2D eigenvalue weighted by atomic mass is 32.1. The van der Waals surface area contributed by atoms with E-state index in [2.05, 4.69) is 27.4 Å². The van der Waals surface area contributed by atoms with Crippen molar-refractivity contribution >= 4 is 44.6 Å². The Morgan fingerprint density at radius 1 is 1.50 bits per heavy atom. The van der Waals surface area contributed by atoms with Crippen molar-refractivity contribution in [3.05, 3.63) is 23.7 Å². The van der Waals surface area contributed by atoms with Crippen molar-refractivity contribution < 1.29 is 0 Å². The minimum atomic E-state index is 0.835. The molecule has 1 heterocycles. The lowest BCUT2D eigenvalue weighted by atomic mass is 10.3. The van der Waals surface area contributed by atoms with E-state index in [1.54, 1.807) is 11.3 Å². The molecule has 0 bridgehead atoms. The van der Waals surface area contributed by atoms with Crippen LogP contribution in [0.25, 0.3) is 10.2 Å². The molecule has 0 spiro atoms. The molecule has 0 fully saturated rings. The molecule has 12 heavy (non-hydrogen) atoms. The van der Waals surface area contributed by atoms with Gasteiger partial charge in [-0.15, -0.1) is 11.3 Å². The molecule has 58 valence electrons. The van der Waals surface area contributed by atoms with Gasteiger partial charge >= 0.3 is 0 Å². The standard InChI is InChI=1S/C8H4N2S2/c11-4-9-6-1-2-7-8(3-6)12-5-10-7/h1-3,5H. The molecular weight excluding hydrogens is 188 g/mol. The first kappa shape index (κ1) is 7.55. The van der Waals surface area contributed by atoms with Gasteiger partial charge in [-0.05, 0) is 30.4 Å². The summed E-state index contributed by atoms with van der Waals surface area (Å²) in [5.74, 6) is 0. The number of fused-ring (bicyclic) bond motifs is 1. The molecule has 0 N–H and O–H groups in total. The summed E-state index contributed by atoms with van der Waals surface area (Å²) in [7, 11) is 0. The number of rotatable bonds is 1.